The van der Waals surface area contributed by atoms with E-state index < -0.39 is 0 Å². The summed E-state index contributed by atoms with van der Waals surface area (Å²) in [4.78, 5) is 18.2. The third kappa shape index (κ3) is 5.12. The fourth-order valence-corrected chi connectivity index (χ4v) is 4.73. The first kappa shape index (κ1) is 22.2. The number of aromatic nitrogens is 5. The maximum Gasteiger partial charge on any atom is 0.191 e. The molecule has 0 aliphatic heterocycles. The molecule has 172 valence electrons. The van der Waals surface area contributed by atoms with Crippen molar-refractivity contribution in [3.63, 3.8) is 0 Å². The number of hydrogen-bond donors (Lipinski definition) is 1. The monoisotopic (exact) mass is 470 g/mol. The Balaban J connectivity index is 1.36. The standard InChI is InChI=1S/C26H26N6OS/c27-23-22-25(31-26(30-23)34-18-6-10-19-7-2-1-3-8-19)32(24(29-22)21-11-5-17-33-21)16-4-9-20-12-14-28-15-13-20/h1-3,5,7-8,11-15,17H,4,6,9-10,16,18H2,(H2,27,30,31). The van der Waals surface area contributed by atoms with E-state index >= 15 is 0 Å². The van der Waals surface area contributed by atoms with Crippen LogP contribution in [0.3, 0.4) is 0 Å². The summed E-state index contributed by atoms with van der Waals surface area (Å²) in [5.41, 5.74) is 10.3. The summed E-state index contributed by atoms with van der Waals surface area (Å²) in [6.45, 7) is 0.740. The van der Waals surface area contributed by atoms with Gasteiger partial charge in [-0.3, -0.25) is 4.98 Å². The van der Waals surface area contributed by atoms with Crippen LogP contribution in [-0.4, -0.2) is 30.3 Å². The van der Waals surface area contributed by atoms with Gasteiger partial charge in [-0.05, 0) is 61.1 Å². The number of fused-ring (bicyclic) bond motifs is 1. The number of imidazole rings is 1. The van der Waals surface area contributed by atoms with Crippen LogP contribution in [0.5, 0.6) is 0 Å². The van der Waals surface area contributed by atoms with Crippen molar-refractivity contribution in [2.75, 3.05) is 11.5 Å². The van der Waals surface area contributed by atoms with E-state index in [0.717, 1.165) is 49.5 Å². The van der Waals surface area contributed by atoms with Crippen LogP contribution in [0.4, 0.5) is 5.82 Å². The number of nitrogens with zero attached hydrogens (tertiary/aromatic N) is 5. The quantitative estimate of drug-likeness (QED) is 0.165. The molecule has 0 bridgehead atoms. The van der Waals surface area contributed by atoms with E-state index in [0.29, 0.717) is 22.3 Å². The molecule has 8 heteroatoms. The van der Waals surface area contributed by atoms with Crippen molar-refractivity contribution in [1.82, 2.24) is 24.5 Å². The Morgan fingerprint density at radius 1 is 0.853 bits per heavy atom. The third-order valence-electron chi connectivity index (χ3n) is 5.62. The number of hydrogen-bond acceptors (Lipinski definition) is 7. The Hall–Kier alpha value is -3.65. The lowest BCUT2D eigenvalue weighted by molar-refractivity contribution is 0.565. The van der Waals surface area contributed by atoms with Crippen molar-refractivity contribution in [3.05, 3.63) is 84.4 Å². The molecule has 0 aliphatic rings. The molecule has 0 saturated carbocycles. The van der Waals surface area contributed by atoms with Crippen molar-refractivity contribution in [3.8, 4) is 11.6 Å². The number of furan rings is 1. The number of thioether (sulfide) groups is 1. The second kappa shape index (κ2) is 10.5. The van der Waals surface area contributed by atoms with Gasteiger partial charge in [-0.15, -0.1) is 0 Å². The van der Waals surface area contributed by atoms with Crippen molar-refractivity contribution < 1.29 is 4.42 Å². The summed E-state index contributed by atoms with van der Waals surface area (Å²) < 4.78 is 7.76. The third-order valence-corrected chi connectivity index (χ3v) is 6.56. The molecule has 5 aromatic rings. The fourth-order valence-electron chi connectivity index (χ4n) is 3.95. The average molecular weight is 471 g/mol. The molecule has 0 radical (unpaired) electrons. The molecule has 4 aromatic heterocycles. The van der Waals surface area contributed by atoms with Crippen LogP contribution in [0, 0.1) is 0 Å². The highest BCUT2D eigenvalue weighted by atomic mass is 32.2. The number of nitrogens with two attached hydrogens (primary N) is 1. The van der Waals surface area contributed by atoms with Crippen molar-refractivity contribution in [2.45, 2.75) is 37.4 Å². The van der Waals surface area contributed by atoms with E-state index in [1.807, 2.05) is 42.7 Å². The van der Waals surface area contributed by atoms with Crippen LogP contribution < -0.4 is 5.73 Å². The molecule has 7 nitrogen and oxygen atoms in total. The van der Waals surface area contributed by atoms with Crippen LogP contribution in [-0.2, 0) is 19.4 Å². The molecule has 4 heterocycles. The first-order valence-electron chi connectivity index (χ1n) is 11.4. The molecule has 0 unspecified atom stereocenters. The van der Waals surface area contributed by atoms with Gasteiger partial charge in [-0.25, -0.2) is 15.0 Å². The fraction of sp³-hybridized carbons (Fsp3) is 0.231. The lowest BCUT2D eigenvalue weighted by atomic mass is 10.1. The maximum atomic E-state index is 6.33. The van der Waals surface area contributed by atoms with E-state index in [9.17, 15) is 0 Å². The van der Waals surface area contributed by atoms with Gasteiger partial charge in [0.05, 0.1) is 6.26 Å². The van der Waals surface area contributed by atoms with Crippen LogP contribution in [0.25, 0.3) is 22.7 Å². The first-order valence-corrected chi connectivity index (χ1v) is 12.4. The predicted molar refractivity (Wildman–Crippen MR) is 135 cm³/mol. The zero-order valence-corrected chi connectivity index (χ0v) is 19.6. The van der Waals surface area contributed by atoms with E-state index in [-0.39, 0.29) is 0 Å². The number of pyridine rings is 1. The van der Waals surface area contributed by atoms with Gasteiger partial charge in [0.2, 0.25) is 0 Å². The molecule has 0 aliphatic carbocycles. The lowest BCUT2D eigenvalue weighted by Crippen LogP contribution is -2.05. The maximum absolute atomic E-state index is 6.33. The minimum Gasteiger partial charge on any atom is -0.461 e. The zero-order chi connectivity index (χ0) is 23.2. The Morgan fingerprint density at radius 3 is 2.44 bits per heavy atom. The van der Waals surface area contributed by atoms with Crippen LogP contribution in [0.1, 0.15) is 24.0 Å². The van der Waals surface area contributed by atoms with Gasteiger partial charge in [0, 0.05) is 24.7 Å². The second-order valence-electron chi connectivity index (χ2n) is 8.02. The highest BCUT2D eigenvalue weighted by Crippen LogP contribution is 2.29. The van der Waals surface area contributed by atoms with Crippen LogP contribution in [0.2, 0.25) is 0 Å². The average Bonchev–Trinajstić information content (AvgIpc) is 3.52. The number of nitrogen functional groups attached to an aromatic ring is 1. The van der Waals surface area contributed by atoms with E-state index in [1.165, 1.54) is 11.1 Å². The summed E-state index contributed by atoms with van der Waals surface area (Å²) in [5, 5.41) is 0.680. The largest absolute Gasteiger partial charge is 0.461 e. The smallest absolute Gasteiger partial charge is 0.191 e. The summed E-state index contributed by atoms with van der Waals surface area (Å²) in [6, 6.07) is 18.4. The van der Waals surface area contributed by atoms with E-state index in [2.05, 4.69) is 38.8 Å². The molecular formula is C26H26N6OS. The van der Waals surface area contributed by atoms with Gasteiger partial charge >= 0.3 is 0 Å². The molecule has 1 aromatic carbocycles. The number of aryl methyl sites for hydroxylation is 3. The Labute approximate surface area is 202 Å². The summed E-state index contributed by atoms with van der Waals surface area (Å²) in [7, 11) is 0. The molecule has 0 amide bonds. The topological polar surface area (TPSA) is 95.6 Å². The molecule has 2 N–H and O–H groups in total. The predicted octanol–water partition coefficient (Wildman–Crippen LogP) is 5.42. The van der Waals surface area contributed by atoms with Crippen molar-refractivity contribution >= 4 is 28.7 Å². The number of benzene rings is 1. The van der Waals surface area contributed by atoms with E-state index in [1.54, 1.807) is 18.0 Å². The Kier molecular flexibility index (Phi) is 6.86. The van der Waals surface area contributed by atoms with Crippen molar-refractivity contribution in [2.24, 2.45) is 0 Å². The van der Waals surface area contributed by atoms with Crippen LogP contribution >= 0.6 is 11.8 Å². The summed E-state index contributed by atoms with van der Waals surface area (Å²) in [5.74, 6) is 2.73. The highest BCUT2D eigenvalue weighted by Gasteiger charge is 2.19. The molecule has 0 fully saturated rings. The van der Waals surface area contributed by atoms with Gasteiger partial charge in [0.15, 0.2) is 33.7 Å². The van der Waals surface area contributed by atoms with Crippen molar-refractivity contribution in [1.29, 1.82) is 0 Å². The highest BCUT2D eigenvalue weighted by molar-refractivity contribution is 7.99. The van der Waals surface area contributed by atoms with Crippen LogP contribution in [0.15, 0.2) is 82.8 Å². The Bertz CT molecular complexity index is 1340. The van der Waals surface area contributed by atoms with Gasteiger partial charge in [0.1, 0.15) is 0 Å². The van der Waals surface area contributed by atoms with Gasteiger partial charge < -0.3 is 14.7 Å². The van der Waals surface area contributed by atoms with Gasteiger partial charge in [0.25, 0.3) is 0 Å². The number of anilines is 1. The van der Waals surface area contributed by atoms with E-state index in [4.69, 9.17) is 20.1 Å². The normalized spacial score (nSPS) is 11.3. The minimum atomic E-state index is 0.399. The molecule has 0 saturated heterocycles. The lowest BCUT2D eigenvalue weighted by Gasteiger charge is -2.08. The first-order chi connectivity index (χ1) is 16.8. The van der Waals surface area contributed by atoms with Gasteiger partial charge in [-0.1, -0.05) is 42.1 Å². The summed E-state index contributed by atoms with van der Waals surface area (Å²) in [6.07, 6.45) is 9.23. The Morgan fingerprint density at radius 2 is 1.65 bits per heavy atom. The zero-order valence-electron chi connectivity index (χ0n) is 18.8. The second-order valence-corrected chi connectivity index (χ2v) is 9.09. The molecule has 0 spiro atoms. The minimum absolute atomic E-state index is 0.399. The molecule has 34 heavy (non-hydrogen) atoms. The SMILES string of the molecule is Nc1nc(SCCCc2ccccc2)nc2c1nc(-c1ccco1)n2CCCc1ccncc1. The van der Waals surface area contributed by atoms with Gasteiger partial charge in [-0.2, -0.15) is 0 Å². The molecule has 0 atom stereocenters. The number of rotatable bonds is 10. The summed E-state index contributed by atoms with van der Waals surface area (Å²) >= 11 is 1.63. The molecular weight excluding hydrogens is 444 g/mol. The molecule has 5 rings (SSSR count).